The van der Waals surface area contributed by atoms with E-state index in [2.05, 4.69) is 10.6 Å². The van der Waals surface area contributed by atoms with Gasteiger partial charge in [-0.2, -0.15) is 0 Å². The summed E-state index contributed by atoms with van der Waals surface area (Å²) in [5.74, 6) is -2.13. The second-order valence-corrected chi connectivity index (χ2v) is 9.54. The molecule has 0 aliphatic heterocycles. The van der Waals surface area contributed by atoms with E-state index < -0.39 is 34.7 Å². The molecule has 2 aromatic carbocycles. The van der Waals surface area contributed by atoms with Crippen LogP contribution in [0.15, 0.2) is 36.4 Å². The van der Waals surface area contributed by atoms with Crippen molar-refractivity contribution in [2.45, 2.75) is 16.7 Å². The maximum atomic E-state index is 12.8. The van der Waals surface area contributed by atoms with Crippen molar-refractivity contribution in [3.05, 3.63) is 62.6 Å². The Labute approximate surface area is 198 Å². The van der Waals surface area contributed by atoms with Crippen LogP contribution in [-0.4, -0.2) is 29.4 Å². The van der Waals surface area contributed by atoms with Crippen LogP contribution in [0.5, 0.6) is 0 Å². The Morgan fingerprint density at radius 2 is 1.70 bits per heavy atom. The summed E-state index contributed by atoms with van der Waals surface area (Å²) in [6, 6.07) is 9.36. The largest absolute Gasteiger partial charge is 0.352 e. The lowest BCUT2D eigenvalue weighted by molar-refractivity contribution is -0.117. The molecule has 1 aliphatic carbocycles. The molecule has 1 saturated carbocycles. The Morgan fingerprint density at radius 3 is 2.33 bits per heavy atom. The van der Waals surface area contributed by atoms with Crippen molar-refractivity contribution in [2.75, 3.05) is 18.5 Å². The highest BCUT2D eigenvalue weighted by atomic mass is 35.5. The minimum atomic E-state index is -1.32. The van der Waals surface area contributed by atoms with Crippen LogP contribution in [0.2, 0.25) is 15.1 Å². The molecule has 0 unspecified atom stereocenters. The van der Waals surface area contributed by atoms with Gasteiger partial charge in [0.25, 0.3) is 5.91 Å². The Hall–Kier alpha value is -1.24. The van der Waals surface area contributed by atoms with Crippen LogP contribution in [0.3, 0.4) is 0 Å². The molecule has 4 nitrogen and oxygen atoms in total. The van der Waals surface area contributed by atoms with Crippen molar-refractivity contribution in [1.82, 2.24) is 5.32 Å². The van der Waals surface area contributed by atoms with Crippen molar-refractivity contribution in [3.63, 3.8) is 0 Å². The fourth-order valence-corrected chi connectivity index (χ4v) is 4.76. The first-order chi connectivity index (χ1) is 14.1. The number of halogens is 6. The number of alkyl halides is 3. The van der Waals surface area contributed by atoms with Crippen LogP contribution in [0.1, 0.15) is 28.3 Å². The molecule has 160 valence electrons. The van der Waals surface area contributed by atoms with E-state index in [1.165, 1.54) is 12.1 Å². The topological polar surface area (TPSA) is 58.2 Å². The van der Waals surface area contributed by atoms with Gasteiger partial charge >= 0.3 is 0 Å². The predicted octanol–water partition coefficient (Wildman–Crippen LogP) is 6.26. The van der Waals surface area contributed by atoms with Gasteiger partial charge in [0.05, 0.1) is 23.2 Å². The number of hydrogen-bond donors (Lipinski definition) is 2. The highest BCUT2D eigenvalue weighted by Crippen LogP contribution is 2.65. The third kappa shape index (κ3) is 5.14. The van der Waals surface area contributed by atoms with Gasteiger partial charge in [0.1, 0.15) is 4.33 Å². The summed E-state index contributed by atoms with van der Waals surface area (Å²) >= 11 is 30.9. The summed E-state index contributed by atoms with van der Waals surface area (Å²) in [6.45, 7) is -0.363. The van der Waals surface area contributed by atoms with E-state index in [9.17, 15) is 14.0 Å². The number of rotatable bonds is 7. The van der Waals surface area contributed by atoms with Gasteiger partial charge in [0.2, 0.25) is 5.91 Å². The number of amides is 2. The fourth-order valence-electron chi connectivity index (χ4n) is 3.18. The molecule has 0 heterocycles. The van der Waals surface area contributed by atoms with Crippen molar-refractivity contribution < 1.29 is 14.0 Å². The average Bonchev–Trinajstić information content (AvgIpc) is 3.25. The minimum Gasteiger partial charge on any atom is -0.352 e. The number of hydrogen-bond acceptors (Lipinski definition) is 2. The summed E-state index contributed by atoms with van der Waals surface area (Å²) in [7, 11) is 0. The van der Waals surface area contributed by atoms with Gasteiger partial charge in [0.15, 0.2) is 0 Å². The summed E-state index contributed by atoms with van der Waals surface area (Å²) in [5, 5.41) is 6.29. The Bertz CT molecular complexity index is 965. The normalized spacial score (nSPS) is 19.3. The molecule has 0 spiro atoms. The molecule has 0 bridgehead atoms. The maximum absolute atomic E-state index is 12.8. The van der Waals surface area contributed by atoms with E-state index in [-0.39, 0.29) is 23.6 Å². The first kappa shape index (κ1) is 23.4. The van der Waals surface area contributed by atoms with Gasteiger partial charge in [-0.05, 0) is 48.4 Å². The number of carbonyl (C=O) groups excluding carboxylic acids is 2. The standard InChI is InChI=1S/C20H16Cl5FN2O2/c21-11-6-10(7-12(22)8-11)16-17(20(16,24)25)19(30)28-13-2-3-15(23)14(9-13)18(29)27-5-1-4-26/h2-3,6-9,16-17H,1,4-5H2,(H,27,29)(H,28,30)/t16-,17+/m1/s1. The number of nitrogens with one attached hydrogen (secondary N) is 2. The van der Waals surface area contributed by atoms with Crippen molar-refractivity contribution in [1.29, 1.82) is 0 Å². The molecule has 30 heavy (non-hydrogen) atoms. The molecule has 0 aromatic heterocycles. The summed E-state index contributed by atoms with van der Waals surface area (Å²) in [4.78, 5) is 25.0. The van der Waals surface area contributed by atoms with E-state index in [0.717, 1.165) is 0 Å². The van der Waals surface area contributed by atoms with Gasteiger partial charge in [-0.15, -0.1) is 23.2 Å². The van der Waals surface area contributed by atoms with E-state index in [0.29, 0.717) is 21.3 Å². The smallest absolute Gasteiger partial charge is 0.252 e. The van der Waals surface area contributed by atoms with Crippen LogP contribution in [0.4, 0.5) is 10.1 Å². The second kappa shape index (κ2) is 9.49. The van der Waals surface area contributed by atoms with E-state index in [1.807, 2.05) is 0 Å². The van der Waals surface area contributed by atoms with E-state index >= 15 is 0 Å². The van der Waals surface area contributed by atoms with Crippen LogP contribution in [0.25, 0.3) is 0 Å². The molecule has 2 atom stereocenters. The first-order valence-electron chi connectivity index (χ1n) is 8.93. The van der Waals surface area contributed by atoms with Gasteiger partial charge < -0.3 is 10.6 Å². The zero-order chi connectivity index (χ0) is 22.1. The molecule has 0 saturated heterocycles. The van der Waals surface area contributed by atoms with Crippen molar-refractivity contribution in [3.8, 4) is 0 Å². The van der Waals surface area contributed by atoms with Gasteiger partial charge in [-0.3, -0.25) is 14.0 Å². The summed E-state index contributed by atoms with van der Waals surface area (Å²) in [5.41, 5.74) is 1.16. The van der Waals surface area contributed by atoms with Crippen molar-refractivity contribution >= 4 is 75.5 Å². The summed E-state index contributed by atoms with van der Waals surface area (Å²) < 4.78 is 10.9. The fraction of sp³-hybridized carbons (Fsp3) is 0.300. The molecule has 2 aromatic rings. The lowest BCUT2D eigenvalue weighted by Gasteiger charge is -2.10. The van der Waals surface area contributed by atoms with Crippen LogP contribution in [-0.2, 0) is 4.79 Å². The van der Waals surface area contributed by atoms with E-state index in [4.69, 9.17) is 58.0 Å². The Morgan fingerprint density at radius 1 is 1.03 bits per heavy atom. The zero-order valence-electron chi connectivity index (χ0n) is 15.3. The molecule has 2 amide bonds. The molecule has 3 rings (SSSR count). The van der Waals surface area contributed by atoms with Gasteiger partial charge in [0, 0.05) is 28.2 Å². The third-order valence-corrected chi connectivity index (χ3v) is 6.36. The lowest BCUT2D eigenvalue weighted by Crippen LogP contribution is -2.25. The number of benzene rings is 2. The molecular weight excluding hydrogens is 496 g/mol. The zero-order valence-corrected chi connectivity index (χ0v) is 19.1. The lowest BCUT2D eigenvalue weighted by atomic mass is 10.1. The predicted molar refractivity (Wildman–Crippen MR) is 120 cm³/mol. The molecular formula is C20H16Cl5FN2O2. The summed E-state index contributed by atoms with van der Waals surface area (Å²) in [6.07, 6.45) is 0.198. The van der Waals surface area contributed by atoms with Crippen molar-refractivity contribution in [2.24, 2.45) is 5.92 Å². The van der Waals surface area contributed by atoms with Crippen LogP contribution >= 0.6 is 58.0 Å². The quantitative estimate of drug-likeness (QED) is 0.340. The first-order valence-corrected chi connectivity index (χ1v) is 10.8. The molecule has 1 fully saturated rings. The molecule has 2 N–H and O–H groups in total. The second-order valence-electron chi connectivity index (χ2n) is 6.81. The molecule has 10 heteroatoms. The number of anilines is 1. The Balaban J connectivity index is 1.74. The van der Waals surface area contributed by atoms with Gasteiger partial charge in [-0.1, -0.05) is 34.8 Å². The molecule has 1 aliphatic rings. The van der Waals surface area contributed by atoms with Crippen LogP contribution in [0, 0.1) is 5.92 Å². The van der Waals surface area contributed by atoms with Gasteiger partial charge in [-0.25, -0.2) is 0 Å². The third-order valence-electron chi connectivity index (χ3n) is 4.65. The monoisotopic (exact) mass is 510 g/mol. The minimum absolute atomic E-state index is 0.158. The maximum Gasteiger partial charge on any atom is 0.252 e. The molecule has 0 radical (unpaired) electrons. The SMILES string of the molecule is O=C(NCCCF)c1cc(NC(=O)[C@@H]2[C@@H](c3cc(Cl)cc(Cl)c3)C2(Cl)Cl)ccc1Cl. The van der Waals surface area contributed by atoms with E-state index in [1.54, 1.807) is 24.3 Å². The highest BCUT2D eigenvalue weighted by molar-refractivity contribution is 6.53. The average molecular weight is 513 g/mol. The highest BCUT2D eigenvalue weighted by Gasteiger charge is 2.67. The Kier molecular flexibility index (Phi) is 7.41. The van der Waals surface area contributed by atoms with Crippen LogP contribution < -0.4 is 10.6 Å². The number of carbonyl (C=O) groups is 2.